The lowest BCUT2D eigenvalue weighted by Crippen LogP contribution is -2.06. The van der Waals surface area contributed by atoms with Crippen LogP contribution in [0.2, 0.25) is 0 Å². The monoisotopic (exact) mass is 340 g/mol. The first-order valence-corrected chi connectivity index (χ1v) is 10.9. The molecule has 0 fully saturated rings. The van der Waals surface area contributed by atoms with Gasteiger partial charge in [-0.3, -0.25) is 0 Å². The fraction of sp³-hybridized carbons (Fsp3) is 0.955. The summed E-state index contributed by atoms with van der Waals surface area (Å²) in [5.74, 6) is 0. The van der Waals surface area contributed by atoms with Crippen molar-refractivity contribution < 1.29 is 9.90 Å². The Morgan fingerprint density at radius 1 is 0.625 bits per heavy atom. The van der Waals surface area contributed by atoms with Crippen molar-refractivity contribution in [1.29, 1.82) is 0 Å². The van der Waals surface area contributed by atoms with Crippen LogP contribution in [-0.4, -0.2) is 17.5 Å². The standard InChI is InChI=1S/C22H44O2/c1-2-3-4-5-6-7-8-9-10-11-12-13-14-15-16-17-18-19-22(24)20-21-23/h21-22,24H,2-20H2,1H3. The van der Waals surface area contributed by atoms with E-state index in [1.54, 1.807) is 0 Å². The van der Waals surface area contributed by atoms with Crippen LogP contribution in [0.4, 0.5) is 0 Å². The summed E-state index contributed by atoms with van der Waals surface area (Å²) in [7, 11) is 0. The molecule has 0 spiro atoms. The molecule has 24 heavy (non-hydrogen) atoms. The third-order valence-electron chi connectivity index (χ3n) is 5.01. The average Bonchev–Trinajstić information content (AvgIpc) is 2.58. The van der Waals surface area contributed by atoms with Crippen molar-refractivity contribution in [2.24, 2.45) is 0 Å². The molecule has 0 aromatic carbocycles. The number of aldehydes is 1. The van der Waals surface area contributed by atoms with Crippen molar-refractivity contribution in [2.75, 3.05) is 0 Å². The fourth-order valence-corrected chi connectivity index (χ4v) is 3.33. The van der Waals surface area contributed by atoms with Gasteiger partial charge in [-0.05, 0) is 6.42 Å². The summed E-state index contributed by atoms with van der Waals surface area (Å²) in [6.45, 7) is 2.28. The van der Waals surface area contributed by atoms with Crippen LogP contribution >= 0.6 is 0 Å². The summed E-state index contributed by atoms with van der Waals surface area (Å²) in [5.41, 5.74) is 0. The van der Waals surface area contributed by atoms with Crippen molar-refractivity contribution in [1.82, 2.24) is 0 Å². The molecule has 0 radical (unpaired) electrons. The molecule has 1 atom stereocenters. The third kappa shape index (κ3) is 19.7. The Bertz CT molecular complexity index is 240. The van der Waals surface area contributed by atoms with E-state index < -0.39 is 6.10 Å². The molecule has 0 aliphatic carbocycles. The third-order valence-corrected chi connectivity index (χ3v) is 5.01. The molecule has 0 rings (SSSR count). The Morgan fingerprint density at radius 2 is 0.958 bits per heavy atom. The van der Waals surface area contributed by atoms with Gasteiger partial charge in [0.25, 0.3) is 0 Å². The van der Waals surface area contributed by atoms with E-state index in [9.17, 15) is 9.90 Å². The maximum absolute atomic E-state index is 10.2. The quantitative estimate of drug-likeness (QED) is 0.192. The van der Waals surface area contributed by atoms with E-state index in [2.05, 4.69) is 6.92 Å². The zero-order chi connectivity index (χ0) is 17.7. The summed E-state index contributed by atoms with van der Waals surface area (Å²) in [6.07, 6.45) is 24.9. The largest absolute Gasteiger partial charge is 0.393 e. The second-order valence-electron chi connectivity index (χ2n) is 7.50. The number of aliphatic hydroxyl groups is 1. The van der Waals surface area contributed by atoms with E-state index >= 15 is 0 Å². The highest BCUT2D eigenvalue weighted by Gasteiger charge is 2.02. The predicted molar refractivity (Wildman–Crippen MR) is 105 cm³/mol. The minimum absolute atomic E-state index is 0.304. The van der Waals surface area contributed by atoms with Gasteiger partial charge in [0.1, 0.15) is 6.29 Å². The van der Waals surface area contributed by atoms with Crippen LogP contribution in [0.1, 0.15) is 129 Å². The summed E-state index contributed by atoms with van der Waals surface area (Å²) < 4.78 is 0. The second kappa shape index (κ2) is 20.7. The highest BCUT2D eigenvalue weighted by Crippen LogP contribution is 2.14. The van der Waals surface area contributed by atoms with Crippen LogP contribution in [0.5, 0.6) is 0 Å². The van der Waals surface area contributed by atoms with Gasteiger partial charge in [0.15, 0.2) is 0 Å². The van der Waals surface area contributed by atoms with Gasteiger partial charge >= 0.3 is 0 Å². The average molecular weight is 341 g/mol. The zero-order valence-corrected chi connectivity index (χ0v) is 16.4. The normalized spacial score (nSPS) is 12.4. The lowest BCUT2D eigenvalue weighted by molar-refractivity contribution is -0.109. The minimum atomic E-state index is -0.404. The summed E-state index contributed by atoms with van der Waals surface area (Å²) in [4.78, 5) is 10.2. The number of rotatable bonds is 20. The first kappa shape index (κ1) is 23.6. The maximum atomic E-state index is 10.2. The van der Waals surface area contributed by atoms with Crippen molar-refractivity contribution >= 4 is 6.29 Å². The molecule has 0 bridgehead atoms. The lowest BCUT2D eigenvalue weighted by Gasteiger charge is -2.06. The smallest absolute Gasteiger partial charge is 0.122 e. The Balaban J connectivity index is 3.01. The number of unbranched alkanes of at least 4 members (excludes halogenated alkanes) is 16. The van der Waals surface area contributed by atoms with Gasteiger partial charge in [-0.25, -0.2) is 0 Å². The van der Waals surface area contributed by atoms with Crippen LogP contribution < -0.4 is 0 Å². The van der Waals surface area contributed by atoms with Gasteiger partial charge in [-0.15, -0.1) is 0 Å². The predicted octanol–water partition coefficient (Wildman–Crippen LogP) is 6.98. The van der Waals surface area contributed by atoms with E-state index in [4.69, 9.17) is 0 Å². The molecular formula is C22H44O2. The van der Waals surface area contributed by atoms with E-state index in [0.29, 0.717) is 6.42 Å². The molecule has 0 amide bonds. The number of carbonyl (C=O) groups is 1. The van der Waals surface area contributed by atoms with E-state index in [-0.39, 0.29) is 0 Å². The van der Waals surface area contributed by atoms with E-state index in [1.165, 1.54) is 103 Å². The van der Waals surface area contributed by atoms with Gasteiger partial charge in [0.05, 0.1) is 6.10 Å². The van der Waals surface area contributed by atoms with Crippen LogP contribution in [0.3, 0.4) is 0 Å². The molecular weight excluding hydrogens is 296 g/mol. The van der Waals surface area contributed by atoms with Gasteiger partial charge in [0.2, 0.25) is 0 Å². The fourth-order valence-electron chi connectivity index (χ4n) is 3.33. The zero-order valence-electron chi connectivity index (χ0n) is 16.4. The molecule has 0 saturated heterocycles. The molecule has 0 saturated carbocycles. The Morgan fingerprint density at radius 3 is 1.29 bits per heavy atom. The Labute approximate surface area is 151 Å². The molecule has 1 N–H and O–H groups in total. The molecule has 2 heteroatoms. The van der Waals surface area contributed by atoms with Gasteiger partial charge in [0, 0.05) is 6.42 Å². The summed E-state index contributed by atoms with van der Waals surface area (Å²) in [5, 5.41) is 9.44. The van der Waals surface area contributed by atoms with Crippen molar-refractivity contribution in [2.45, 2.75) is 135 Å². The van der Waals surface area contributed by atoms with Crippen LogP contribution in [0, 0.1) is 0 Å². The molecule has 0 aromatic heterocycles. The number of carbonyl (C=O) groups excluding carboxylic acids is 1. The Hall–Kier alpha value is -0.370. The first-order chi connectivity index (χ1) is 11.8. The summed E-state index contributed by atoms with van der Waals surface area (Å²) in [6, 6.07) is 0. The van der Waals surface area contributed by atoms with E-state index in [0.717, 1.165) is 19.1 Å². The maximum Gasteiger partial charge on any atom is 0.122 e. The highest BCUT2D eigenvalue weighted by molar-refractivity contribution is 5.49. The van der Waals surface area contributed by atoms with Crippen molar-refractivity contribution in [3.63, 3.8) is 0 Å². The molecule has 2 nitrogen and oxygen atoms in total. The Kier molecular flexibility index (Phi) is 20.4. The lowest BCUT2D eigenvalue weighted by atomic mass is 10.0. The molecule has 0 aromatic rings. The molecule has 0 aliphatic heterocycles. The molecule has 1 unspecified atom stereocenters. The van der Waals surface area contributed by atoms with Crippen molar-refractivity contribution in [3.05, 3.63) is 0 Å². The molecule has 144 valence electrons. The van der Waals surface area contributed by atoms with Crippen LogP contribution in [0.25, 0.3) is 0 Å². The van der Waals surface area contributed by atoms with E-state index in [1.807, 2.05) is 0 Å². The van der Waals surface area contributed by atoms with Gasteiger partial charge < -0.3 is 9.90 Å². The molecule has 0 heterocycles. The minimum Gasteiger partial charge on any atom is -0.393 e. The molecule has 0 aliphatic rings. The van der Waals surface area contributed by atoms with Gasteiger partial charge in [-0.1, -0.05) is 116 Å². The summed E-state index contributed by atoms with van der Waals surface area (Å²) >= 11 is 0. The van der Waals surface area contributed by atoms with Crippen molar-refractivity contribution in [3.8, 4) is 0 Å². The second-order valence-corrected chi connectivity index (χ2v) is 7.50. The number of aliphatic hydroxyl groups excluding tert-OH is 1. The highest BCUT2D eigenvalue weighted by atomic mass is 16.3. The van der Waals surface area contributed by atoms with Crippen LogP contribution in [0.15, 0.2) is 0 Å². The topological polar surface area (TPSA) is 37.3 Å². The SMILES string of the molecule is CCCCCCCCCCCCCCCCCCCC(O)CC=O. The van der Waals surface area contributed by atoms with Crippen LogP contribution in [-0.2, 0) is 4.79 Å². The first-order valence-electron chi connectivity index (χ1n) is 10.9. The number of hydrogen-bond donors (Lipinski definition) is 1. The van der Waals surface area contributed by atoms with Gasteiger partial charge in [-0.2, -0.15) is 0 Å². The number of hydrogen-bond acceptors (Lipinski definition) is 2.